The minimum absolute atomic E-state index is 0.258. The van der Waals surface area contributed by atoms with Crippen LogP contribution in [0.1, 0.15) is 11.4 Å². The number of hydrogen-bond acceptors (Lipinski definition) is 6. The first-order chi connectivity index (χ1) is 13.6. The molecule has 0 amide bonds. The molecule has 7 heteroatoms. The molecule has 1 aromatic carbocycles. The standard InChI is InChI=1S/C21H31N5O2/c1-23-9-11-26(12-10-23)19-14-25(15-20(19)27)13-17-3-5-18(6-4-17)28-16-21-22-7-8-24(21)2/h3-8,19-20,27H,9-16H2,1-2H3/t19-,20-/m0/s1. The third-order valence-corrected chi connectivity index (χ3v) is 5.96. The Morgan fingerprint density at radius 2 is 1.82 bits per heavy atom. The van der Waals surface area contributed by atoms with Gasteiger partial charge in [0.25, 0.3) is 0 Å². The Labute approximate surface area is 167 Å². The fourth-order valence-corrected chi connectivity index (χ4v) is 4.12. The van der Waals surface area contributed by atoms with Gasteiger partial charge in [0.2, 0.25) is 0 Å². The van der Waals surface area contributed by atoms with Gasteiger partial charge < -0.3 is 19.3 Å². The molecule has 2 atom stereocenters. The van der Waals surface area contributed by atoms with Crippen LogP contribution in [0.3, 0.4) is 0 Å². The SMILES string of the molecule is CN1CCN([C@H]2CN(Cc3ccc(OCc4nccn4C)cc3)C[C@@H]2O)CC1. The van der Waals surface area contributed by atoms with Crippen molar-refractivity contribution in [1.82, 2.24) is 24.3 Å². The van der Waals surface area contributed by atoms with Crippen molar-refractivity contribution in [2.75, 3.05) is 46.3 Å². The number of ether oxygens (including phenoxy) is 1. The summed E-state index contributed by atoms with van der Waals surface area (Å²) in [5, 5.41) is 10.6. The monoisotopic (exact) mass is 385 g/mol. The minimum atomic E-state index is -0.260. The number of aromatic nitrogens is 2. The van der Waals surface area contributed by atoms with Gasteiger partial charge in [0.1, 0.15) is 18.2 Å². The Kier molecular flexibility index (Phi) is 5.96. The van der Waals surface area contributed by atoms with Gasteiger partial charge in [-0.2, -0.15) is 0 Å². The van der Waals surface area contributed by atoms with Crippen molar-refractivity contribution in [3.63, 3.8) is 0 Å². The number of β-amino-alcohol motifs (C(OH)–C–C–N with tert-alkyl or cyclic N) is 1. The number of imidazole rings is 1. The molecular weight excluding hydrogens is 354 g/mol. The second-order valence-corrected chi connectivity index (χ2v) is 8.06. The fraction of sp³-hybridized carbons (Fsp3) is 0.571. The molecular formula is C21H31N5O2. The Bertz CT molecular complexity index is 754. The van der Waals surface area contributed by atoms with E-state index in [1.807, 2.05) is 29.9 Å². The molecule has 7 nitrogen and oxygen atoms in total. The van der Waals surface area contributed by atoms with E-state index in [0.29, 0.717) is 6.61 Å². The summed E-state index contributed by atoms with van der Waals surface area (Å²) in [5.41, 5.74) is 1.25. The van der Waals surface area contributed by atoms with Crippen molar-refractivity contribution >= 4 is 0 Å². The summed E-state index contributed by atoms with van der Waals surface area (Å²) in [6, 6.07) is 8.52. The van der Waals surface area contributed by atoms with Crippen molar-refractivity contribution in [3.8, 4) is 5.75 Å². The van der Waals surface area contributed by atoms with Crippen LogP contribution in [-0.4, -0.2) is 87.8 Å². The summed E-state index contributed by atoms with van der Waals surface area (Å²) in [5.74, 6) is 1.76. The number of rotatable bonds is 6. The zero-order chi connectivity index (χ0) is 19.5. The molecule has 0 aliphatic carbocycles. The predicted molar refractivity (Wildman–Crippen MR) is 108 cm³/mol. The van der Waals surface area contributed by atoms with Gasteiger partial charge in [-0.1, -0.05) is 12.1 Å². The lowest BCUT2D eigenvalue weighted by atomic mass is 10.1. The normalized spacial score (nSPS) is 24.7. The lowest BCUT2D eigenvalue weighted by Crippen LogP contribution is -2.52. The lowest BCUT2D eigenvalue weighted by Gasteiger charge is -2.37. The largest absolute Gasteiger partial charge is 0.486 e. The third-order valence-electron chi connectivity index (χ3n) is 5.96. The summed E-state index contributed by atoms with van der Waals surface area (Å²) in [7, 11) is 4.13. The van der Waals surface area contributed by atoms with Gasteiger partial charge in [0, 0.05) is 71.3 Å². The summed E-state index contributed by atoms with van der Waals surface area (Å²) >= 11 is 0. The van der Waals surface area contributed by atoms with Crippen LogP contribution in [0.2, 0.25) is 0 Å². The molecule has 0 bridgehead atoms. The van der Waals surface area contributed by atoms with Crippen LogP contribution in [0, 0.1) is 0 Å². The minimum Gasteiger partial charge on any atom is -0.486 e. The summed E-state index contributed by atoms with van der Waals surface area (Å²) in [6.07, 6.45) is 3.44. The number of benzene rings is 1. The van der Waals surface area contributed by atoms with Gasteiger partial charge >= 0.3 is 0 Å². The number of likely N-dealkylation sites (tertiary alicyclic amines) is 1. The Morgan fingerprint density at radius 3 is 2.50 bits per heavy atom. The highest BCUT2D eigenvalue weighted by atomic mass is 16.5. The molecule has 3 heterocycles. The van der Waals surface area contributed by atoms with E-state index in [1.165, 1.54) is 5.56 Å². The van der Waals surface area contributed by atoms with Crippen LogP contribution in [0.25, 0.3) is 0 Å². The van der Waals surface area contributed by atoms with E-state index >= 15 is 0 Å². The van der Waals surface area contributed by atoms with Crippen LogP contribution in [0.4, 0.5) is 0 Å². The molecule has 0 unspecified atom stereocenters. The molecule has 2 saturated heterocycles. The maximum atomic E-state index is 10.6. The molecule has 4 rings (SSSR count). The Hall–Kier alpha value is -1.93. The molecule has 1 N–H and O–H groups in total. The number of likely N-dealkylation sites (N-methyl/N-ethyl adjacent to an activating group) is 1. The van der Waals surface area contributed by atoms with Crippen LogP contribution < -0.4 is 4.74 Å². The van der Waals surface area contributed by atoms with Gasteiger partial charge in [0.05, 0.1) is 6.10 Å². The average Bonchev–Trinajstić information content (AvgIpc) is 3.27. The van der Waals surface area contributed by atoms with Crippen molar-refractivity contribution in [3.05, 3.63) is 48.0 Å². The van der Waals surface area contributed by atoms with Crippen LogP contribution >= 0.6 is 0 Å². The van der Waals surface area contributed by atoms with Crippen LogP contribution in [0.15, 0.2) is 36.7 Å². The molecule has 0 radical (unpaired) electrons. The van der Waals surface area contributed by atoms with E-state index < -0.39 is 0 Å². The molecule has 1 aromatic heterocycles. The van der Waals surface area contributed by atoms with Gasteiger partial charge in [0.15, 0.2) is 0 Å². The van der Waals surface area contributed by atoms with Gasteiger partial charge in [-0.05, 0) is 24.7 Å². The average molecular weight is 386 g/mol. The second kappa shape index (κ2) is 8.61. The first-order valence-electron chi connectivity index (χ1n) is 10.1. The maximum absolute atomic E-state index is 10.6. The zero-order valence-electron chi connectivity index (χ0n) is 16.9. The lowest BCUT2D eigenvalue weighted by molar-refractivity contribution is 0.0512. The van der Waals surface area contributed by atoms with E-state index in [1.54, 1.807) is 6.20 Å². The second-order valence-electron chi connectivity index (χ2n) is 8.06. The number of nitrogens with zero attached hydrogens (tertiary/aromatic N) is 5. The van der Waals surface area contributed by atoms with Gasteiger partial charge in [-0.25, -0.2) is 4.98 Å². The number of aryl methyl sites for hydroxylation is 1. The third kappa shape index (κ3) is 4.55. The number of hydrogen-bond donors (Lipinski definition) is 1. The smallest absolute Gasteiger partial charge is 0.146 e. The van der Waals surface area contributed by atoms with Crippen molar-refractivity contribution < 1.29 is 9.84 Å². The van der Waals surface area contributed by atoms with E-state index in [2.05, 4.69) is 38.9 Å². The number of piperazine rings is 1. The van der Waals surface area contributed by atoms with Gasteiger partial charge in [-0.15, -0.1) is 0 Å². The molecule has 0 spiro atoms. The molecule has 0 saturated carbocycles. The first-order valence-corrected chi connectivity index (χ1v) is 10.1. The van der Waals surface area contributed by atoms with Crippen LogP contribution in [-0.2, 0) is 20.2 Å². The fourth-order valence-electron chi connectivity index (χ4n) is 4.12. The highest BCUT2D eigenvalue weighted by Crippen LogP contribution is 2.21. The van der Waals surface area contributed by atoms with E-state index in [9.17, 15) is 5.11 Å². The summed E-state index contributed by atoms with van der Waals surface area (Å²) in [4.78, 5) is 11.4. The quantitative estimate of drug-likeness (QED) is 0.794. The molecule has 2 aromatic rings. The maximum Gasteiger partial charge on any atom is 0.146 e. The van der Waals surface area contributed by atoms with Crippen LogP contribution in [0.5, 0.6) is 5.75 Å². The van der Waals surface area contributed by atoms with E-state index in [0.717, 1.165) is 57.4 Å². The molecule has 152 valence electrons. The highest BCUT2D eigenvalue weighted by molar-refractivity contribution is 5.27. The molecule has 2 fully saturated rings. The molecule has 2 aliphatic heterocycles. The number of aliphatic hydroxyl groups is 1. The molecule has 2 aliphatic rings. The summed E-state index contributed by atoms with van der Waals surface area (Å²) in [6.45, 7) is 7.28. The summed E-state index contributed by atoms with van der Waals surface area (Å²) < 4.78 is 7.79. The Morgan fingerprint density at radius 1 is 1.07 bits per heavy atom. The van der Waals surface area contributed by atoms with Crippen molar-refractivity contribution in [2.45, 2.75) is 25.3 Å². The van der Waals surface area contributed by atoms with E-state index in [-0.39, 0.29) is 12.1 Å². The number of aliphatic hydroxyl groups excluding tert-OH is 1. The topological polar surface area (TPSA) is 57.0 Å². The zero-order valence-corrected chi connectivity index (χ0v) is 16.9. The van der Waals surface area contributed by atoms with Crippen molar-refractivity contribution in [1.29, 1.82) is 0 Å². The van der Waals surface area contributed by atoms with E-state index in [4.69, 9.17) is 4.74 Å². The Balaban J connectivity index is 1.28. The predicted octanol–water partition coefficient (Wildman–Crippen LogP) is 0.792. The van der Waals surface area contributed by atoms with Gasteiger partial charge in [-0.3, -0.25) is 9.80 Å². The highest BCUT2D eigenvalue weighted by Gasteiger charge is 2.36. The van der Waals surface area contributed by atoms with Crippen molar-refractivity contribution in [2.24, 2.45) is 7.05 Å². The molecule has 28 heavy (non-hydrogen) atoms. The first kappa shape index (κ1) is 19.4.